The van der Waals surface area contributed by atoms with E-state index < -0.39 is 0 Å². The van der Waals surface area contributed by atoms with Gasteiger partial charge in [0.2, 0.25) is 4.77 Å². The number of aromatic amines is 1. The van der Waals surface area contributed by atoms with Gasteiger partial charge in [-0.25, -0.2) is 0 Å². The number of nitrogens with one attached hydrogen (secondary N) is 1. The number of aromatic hydroxyl groups is 2. The molecule has 0 saturated carbocycles. The molecule has 1 aromatic carbocycles. The maximum absolute atomic E-state index is 9.44. The topological polar surface area (TPSA) is 86.4 Å². The first-order chi connectivity index (χ1) is 9.29. The third kappa shape index (κ3) is 2.88. The summed E-state index contributed by atoms with van der Waals surface area (Å²) in [5, 5.41) is 29.9. The van der Waals surface area contributed by atoms with Crippen molar-refractivity contribution in [2.75, 3.05) is 0 Å². The van der Waals surface area contributed by atoms with Gasteiger partial charge in [0, 0.05) is 5.41 Å². The summed E-state index contributed by atoms with van der Waals surface area (Å²) in [5.41, 5.74) is 0.436. The van der Waals surface area contributed by atoms with Crippen LogP contribution < -0.4 is 0 Å². The normalized spacial score (nSPS) is 12.2. The van der Waals surface area contributed by atoms with Gasteiger partial charge >= 0.3 is 0 Å². The van der Waals surface area contributed by atoms with E-state index in [2.05, 4.69) is 15.3 Å². The van der Waals surface area contributed by atoms with Crippen molar-refractivity contribution in [1.29, 1.82) is 0 Å². The molecular weight excluding hydrogens is 276 g/mol. The highest BCUT2D eigenvalue weighted by Gasteiger charge is 2.21. The molecule has 0 unspecified atom stereocenters. The van der Waals surface area contributed by atoms with Crippen molar-refractivity contribution in [2.45, 2.75) is 26.2 Å². The lowest BCUT2D eigenvalue weighted by Gasteiger charge is -2.15. The number of hydrogen-bond donors (Lipinski definition) is 3. The van der Waals surface area contributed by atoms with Crippen LogP contribution in [0.1, 0.15) is 32.2 Å². The number of H-pyrrole nitrogens is 1. The number of rotatable bonds is 2. The van der Waals surface area contributed by atoms with Crippen LogP contribution in [-0.4, -0.2) is 31.3 Å². The number of phenols is 2. The first-order valence-electron chi connectivity index (χ1n) is 6.03. The summed E-state index contributed by atoms with van der Waals surface area (Å²) >= 11 is 5.15. The molecule has 7 heteroatoms. The molecule has 0 bridgehead atoms. The summed E-state index contributed by atoms with van der Waals surface area (Å²) in [7, 11) is 0. The monoisotopic (exact) mass is 292 g/mol. The quantitative estimate of drug-likeness (QED) is 0.451. The molecule has 0 amide bonds. The van der Waals surface area contributed by atoms with E-state index in [4.69, 9.17) is 12.2 Å². The van der Waals surface area contributed by atoms with E-state index in [0.717, 1.165) is 0 Å². The number of phenolic OH excluding ortho intramolecular Hbond substituents is 2. The van der Waals surface area contributed by atoms with Crippen LogP contribution in [0.5, 0.6) is 11.5 Å². The summed E-state index contributed by atoms with van der Waals surface area (Å²) < 4.78 is 1.94. The number of hydrogen-bond acceptors (Lipinski definition) is 5. The summed E-state index contributed by atoms with van der Waals surface area (Å²) in [4.78, 5) is 0. The second-order valence-electron chi connectivity index (χ2n) is 5.41. The molecule has 1 aromatic heterocycles. The van der Waals surface area contributed by atoms with E-state index >= 15 is 0 Å². The number of nitrogens with zero attached hydrogens (tertiary/aromatic N) is 3. The third-order valence-electron chi connectivity index (χ3n) is 2.64. The highest BCUT2D eigenvalue weighted by molar-refractivity contribution is 7.71. The molecule has 0 saturated heterocycles. The van der Waals surface area contributed by atoms with Gasteiger partial charge in [-0.05, 0) is 36.0 Å². The van der Waals surface area contributed by atoms with Gasteiger partial charge < -0.3 is 10.2 Å². The van der Waals surface area contributed by atoms with E-state index in [1.807, 2.05) is 20.8 Å². The average Bonchev–Trinajstić information content (AvgIpc) is 2.72. The Labute approximate surface area is 121 Å². The Morgan fingerprint density at radius 1 is 1.30 bits per heavy atom. The molecule has 6 nitrogen and oxygen atoms in total. The van der Waals surface area contributed by atoms with Gasteiger partial charge in [-0.2, -0.15) is 14.9 Å². The molecule has 0 aliphatic rings. The van der Waals surface area contributed by atoms with Crippen molar-refractivity contribution in [1.82, 2.24) is 14.9 Å². The third-order valence-corrected chi connectivity index (χ3v) is 2.91. The predicted octanol–water partition coefficient (Wildman–Crippen LogP) is 2.53. The zero-order chi connectivity index (χ0) is 14.9. The maximum atomic E-state index is 9.44. The lowest BCUT2D eigenvalue weighted by atomic mass is 9.96. The van der Waals surface area contributed by atoms with Crippen LogP contribution in [0.2, 0.25) is 0 Å². The molecule has 0 fully saturated rings. The molecule has 2 rings (SSSR count). The van der Waals surface area contributed by atoms with E-state index in [9.17, 15) is 10.2 Å². The van der Waals surface area contributed by atoms with Crippen LogP contribution in [-0.2, 0) is 5.41 Å². The molecular formula is C13H16N4O2S. The smallest absolute Gasteiger partial charge is 0.216 e. The Morgan fingerprint density at radius 3 is 2.60 bits per heavy atom. The molecule has 0 spiro atoms. The van der Waals surface area contributed by atoms with Crippen molar-refractivity contribution >= 4 is 18.4 Å². The van der Waals surface area contributed by atoms with Gasteiger partial charge in [0.1, 0.15) is 0 Å². The summed E-state index contributed by atoms with van der Waals surface area (Å²) in [5.74, 6) is 0.347. The van der Waals surface area contributed by atoms with E-state index in [1.165, 1.54) is 12.1 Å². The fourth-order valence-corrected chi connectivity index (χ4v) is 1.81. The summed E-state index contributed by atoms with van der Waals surface area (Å²) in [6.07, 6.45) is 1.54. The standard InChI is InChI=1S/C13H16N4O2S/c1-13(2,3)11-15-16-12(20)17(11)14-7-8-4-5-9(18)10(19)6-8/h4-7,18-19H,1-3H3,(H,16,20)/b14-7+. The summed E-state index contributed by atoms with van der Waals surface area (Å²) in [6, 6.07) is 4.45. The number of benzene rings is 1. The molecule has 20 heavy (non-hydrogen) atoms. The van der Waals surface area contributed by atoms with Crippen molar-refractivity contribution in [3.8, 4) is 11.5 Å². The largest absolute Gasteiger partial charge is 0.504 e. The van der Waals surface area contributed by atoms with Crippen molar-refractivity contribution < 1.29 is 10.2 Å². The number of aromatic nitrogens is 3. The van der Waals surface area contributed by atoms with Gasteiger partial charge in [0.05, 0.1) is 6.21 Å². The predicted molar refractivity (Wildman–Crippen MR) is 78.9 cm³/mol. The van der Waals surface area contributed by atoms with Crippen molar-refractivity contribution in [3.63, 3.8) is 0 Å². The maximum Gasteiger partial charge on any atom is 0.216 e. The second kappa shape index (κ2) is 5.09. The van der Waals surface area contributed by atoms with Gasteiger partial charge in [0.15, 0.2) is 17.3 Å². The van der Waals surface area contributed by atoms with Crippen LogP contribution in [0, 0.1) is 4.77 Å². The highest BCUT2D eigenvalue weighted by Crippen LogP contribution is 2.24. The van der Waals surface area contributed by atoms with Gasteiger partial charge in [-0.1, -0.05) is 20.8 Å². The minimum absolute atomic E-state index is 0.169. The van der Waals surface area contributed by atoms with Crippen molar-refractivity contribution in [2.24, 2.45) is 5.10 Å². The Hall–Kier alpha value is -2.15. The minimum Gasteiger partial charge on any atom is -0.504 e. The van der Waals surface area contributed by atoms with E-state index in [-0.39, 0.29) is 16.9 Å². The van der Waals surface area contributed by atoms with Crippen LogP contribution in [0.4, 0.5) is 0 Å². The Balaban J connectivity index is 2.39. The molecule has 2 aromatic rings. The van der Waals surface area contributed by atoms with Crippen LogP contribution in [0.3, 0.4) is 0 Å². The second-order valence-corrected chi connectivity index (χ2v) is 5.79. The SMILES string of the molecule is CC(C)(C)c1n[nH]c(=S)n1/N=C/c1ccc(O)c(O)c1. The van der Waals surface area contributed by atoms with Crippen LogP contribution in [0.15, 0.2) is 23.3 Å². The Morgan fingerprint density at radius 2 is 2.00 bits per heavy atom. The van der Waals surface area contributed by atoms with Crippen LogP contribution >= 0.6 is 12.2 Å². The van der Waals surface area contributed by atoms with Gasteiger partial charge in [-0.15, -0.1) is 0 Å². The Kier molecular flexibility index (Phi) is 3.63. The average molecular weight is 292 g/mol. The van der Waals surface area contributed by atoms with Gasteiger partial charge in [-0.3, -0.25) is 5.10 Å². The van der Waals surface area contributed by atoms with Gasteiger partial charge in [0.25, 0.3) is 0 Å². The highest BCUT2D eigenvalue weighted by atomic mass is 32.1. The molecule has 0 radical (unpaired) electrons. The lowest BCUT2D eigenvalue weighted by molar-refractivity contribution is 0.403. The Bertz CT molecular complexity index is 710. The molecule has 0 aliphatic carbocycles. The first-order valence-corrected chi connectivity index (χ1v) is 6.44. The molecule has 0 aliphatic heterocycles. The fraction of sp³-hybridized carbons (Fsp3) is 0.308. The van der Waals surface area contributed by atoms with E-state index in [1.54, 1.807) is 17.0 Å². The molecule has 1 heterocycles. The fourth-order valence-electron chi connectivity index (χ4n) is 1.63. The van der Waals surface area contributed by atoms with E-state index in [0.29, 0.717) is 16.2 Å². The zero-order valence-electron chi connectivity index (χ0n) is 11.5. The molecule has 3 N–H and O–H groups in total. The van der Waals surface area contributed by atoms with Crippen molar-refractivity contribution in [3.05, 3.63) is 34.4 Å². The summed E-state index contributed by atoms with van der Waals surface area (Å²) in [6.45, 7) is 6.03. The molecule has 106 valence electrons. The molecule has 0 atom stereocenters. The van der Waals surface area contributed by atoms with Crippen LogP contribution in [0.25, 0.3) is 0 Å². The minimum atomic E-state index is -0.206. The zero-order valence-corrected chi connectivity index (χ0v) is 12.3. The lowest BCUT2D eigenvalue weighted by Crippen LogP contribution is -2.17. The first kappa shape index (κ1) is 14.3.